The highest BCUT2D eigenvalue weighted by atomic mass is 35.5. The van der Waals surface area contributed by atoms with Crippen molar-refractivity contribution in [3.05, 3.63) is 212 Å². The first-order valence-corrected chi connectivity index (χ1v) is 28.8. The summed E-state index contributed by atoms with van der Waals surface area (Å²) in [4.78, 5) is 58.9. The summed E-state index contributed by atoms with van der Waals surface area (Å²) in [6.07, 6.45) is 30.0. The van der Waals surface area contributed by atoms with E-state index in [2.05, 4.69) is 135 Å². The van der Waals surface area contributed by atoms with Crippen LogP contribution >= 0.6 is 23.2 Å². The van der Waals surface area contributed by atoms with Crippen LogP contribution in [0.5, 0.6) is 0 Å². The van der Waals surface area contributed by atoms with E-state index in [1.54, 1.807) is 23.3 Å². The Bertz CT molecular complexity index is 3370. The van der Waals surface area contributed by atoms with Crippen LogP contribution in [0.1, 0.15) is 146 Å². The number of benzene rings is 4. The van der Waals surface area contributed by atoms with Crippen molar-refractivity contribution in [3.8, 4) is 0 Å². The van der Waals surface area contributed by atoms with Crippen LogP contribution in [0.4, 0.5) is 32.9 Å². The van der Waals surface area contributed by atoms with E-state index in [4.69, 9.17) is 16.3 Å². The summed E-state index contributed by atoms with van der Waals surface area (Å²) in [7, 11) is 0. The maximum absolute atomic E-state index is 12.0. The van der Waals surface area contributed by atoms with Crippen LogP contribution in [0.3, 0.4) is 0 Å². The van der Waals surface area contributed by atoms with Gasteiger partial charge in [-0.3, -0.25) is 10.1 Å². The van der Waals surface area contributed by atoms with E-state index in [-0.39, 0.29) is 40.8 Å². The highest BCUT2D eigenvalue weighted by molar-refractivity contribution is 6.93. The number of urea groups is 1. The Kier molecular flexibility index (Phi) is 22.1. The number of aromatic amines is 1. The zero-order chi connectivity index (χ0) is 58.7. The van der Waals surface area contributed by atoms with Crippen LogP contribution in [-0.2, 0) is 25.7 Å². The standard InChI is InChI=1S/C17H20N4O.C13H13N3O2.C13H15N3.C10H12O.C3H3N3O2.C3H7N.CCl2O/c22-17(19-13-8-9-13)20-16-10-18-11-21(16)15-7-3-5-12-4-1-2-6-14(12)15;17-16(18)13-8-14-9-15(13)12-7-3-5-10-4-1-2-6-11(10)12;14-13-8-15-9-16(13)12-7-3-5-10-4-1-2-6-11(10)12;11-10-7-3-5-8-4-1-2-6-9(8)10;7-6(8)3-1-4-2-5-3;4-3-1-2-3;2-1(3)4/h1-2,4,6,10-11,13,15H,3,5,7-9H2,(H2,19,20,22);1-2,4,6,8-9,12H,3,5,7H2;1-2,4,6,8-9,12H,3,5,7,14H2;1-2,4,6,10-11H,3,5,7H2;1-2H,(H,4,5);3H,1-2,4H2;. The number of aliphatic hydroxyl groups excluding tert-OH is 1. The number of nitrogens with one attached hydrogen (secondary N) is 3. The topological polar surface area (TPSA) is 299 Å². The van der Waals surface area contributed by atoms with Crippen LogP contribution in [0.2, 0.25) is 0 Å². The minimum Gasteiger partial charge on any atom is -0.388 e. The Labute approximate surface area is 491 Å². The molecule has 2 amide bonds. The van der Waals surface area contributed by atoms with Crippen molar-refractivity contribution in [2.45, 2.75) is 139 Å². The number of aromatic nitrogens is 8. The monoisotopic (exact) mass is 1170 g/mol. The SMILES string of the molecule is NC1CC1.Nc1cncn1C1CCCc2ccccc21.O=C(Cl)Cl.O=C(Nc1cncn1C1CCCc2ccccc21)NC1CC1.O=[N+]([O-])c1cnc[nH]1.O=[N+]([O-])c1cncn1C1CCCc2ccccc21.OC1CCCc2ccccc21. The van der Waals surface area contributed by atoms with Gasteiger partial charge in [0.2, 0.25) is 0 Å². The molecule has 0 saturated heterocycles. The highest BCUT2D eigenvalue weighted by Gasteiger charge is 2.30. The minimum absolute atomic E-state index is 0.0397. The number of amides is 2. The first kappa shape index (κ1) is 60.8. The Balaban J connectivity index is 0.000000135. The lowest BCUT2D eigenvalue weighted by atomic mass is 9.87. The van der Waals surface area contributed by atoms with E-state index in [1.165, 1.54) is 77.2 Å². The molecule has 83 heavy (non-hydrogen) atoms. The molecule has 6 aliphatic rings. The zero-order valence-corrected chi connectivity index (χ0v) is 47.5. The summed E-state index contributed by atoms with van der Waals surface area (Å²) in [5.74, 6) is 1.50. The minimum atomic E-state index is -0.889. The Morgan fingerprint density at radius 1 is 0.578 bits per heavy atom. The molecule has 4 heterocycles. The van der Waals surface area contributed by atoms with Crippen molar-refractivity contribution in [2.24, 2.45) is 5.73 Å². The summed E-state index contributed by atoms with van der Waals surface area (Å²) < 4.78 is 4.96. The molecule has 6 aliphatic carbocycles. The number of nitro groups is 2. The molecule has 4 aromatic heterocycles. The zero-order valence-electron chi connectivity index (χ0n) is 46.0. The number of carbonyl (C=O) groups excluding carboxylic acids is 2. The number of aliphatic hydroxyl groups is 1. The number of anilines is 2. The van der Waals surface area contributed by atoms with Gasteiger partial charge in [-0.1, -0.05) is 97.1 Å². The number of nitrogens with zero attached hydrogens (tertiary/aromatic N) is 9. The Hall–Kier alpha value is -8.24. The van der Waals surface area contributed by atoms with Gasteiger partial charge in [0.05, 0.1) is 43.2 Å². The van der Waals surface area contributed by atoms with Gasteiger partial charge in [-0.05, 0) is 180 Å². The predicted octanol–water partition coefficient (Wildman–Crippen LogP) is 12.3. The van der Waals surface area contributed by atoms with Crippen LogP contribution in [0.25, 0.3) is 0 Å². The Morgan fingerprint density at radius 2 is 1.01 bits per heavy atom. The molecule has 0 spiro atoms. The Morgan fingerprint density at radius 3 is 1.45 bits per heavy atom. The molecule has 8 aromatic rings. The molecular formula is C60H70Cl2N14O7. The van der Waals surface area contributed by atoms with Gasteiger partial charge in [-0.15, -0.1) is 0 Å². The number of H-pyrrole nitrogens is 1. The molecule has 23 heteroatoms. The number of nitrogens with two attached hydrogens (primary N) is 2. The summed E-state index contributed by atoms with van der Waals surface area (Å²) in [6.45, 7) is 0. The quantitative estimate of drug-likeness (QED) is 0.0492. The number of aryl methyl sites for hydroxylation is 4. The van der Waals surface area contributed by atoms with Gasteiger partial charge >= 0.3 is 22.4 Å². The van der Waals surface area contributed by atoms with Gasteiger partial charge in [0.1, 0.15) is 30.1 Å². The summed E-state index contributed by atoms with van der Waals surface area (Å²) in [5.41, 5.74) is 21.7. The number of fused-ring (bicyclic) bond motifs is 4. The van der Waals surface area contributed by atoms with E-state index in [1.807, 2.05) is 43.0 Å². The molecule has 0 aliphatic heterocycles. The fourth-order valence-corrected chi connectivity index (χ4v) is 10.7. The molecule has 4 atom stereocenters. The van der Waals surface area contributed by atoms with E-state index in [0.717, 1.165) is 100 Å². The lowest BCUT2D eigenvalue weighted by molar-refractivity contribution is -0.392. The molecule has 2 fully saturated rings. The summed E-state index contributed by atoms with van der Waals surface area (Å²) in [6, 6.07) is 35.0. The van der Waals surface area contributed by atoms with Crippen molar-refractivity contribution >= 4 is 57.2 Å². The van der Waals surface area contributed by atoms with E-state index < -0.39 is 9.62 Å². The average Bonchev–Trinajstić information content (AvgIpc) is 4.15. The second-order valence-electron chi connectivity index (χ2n) is 20.9. The van der Waals surface area contributed by atoms with Gasteiger partial charge < -0.3 is 51.3 Å². The molecule has 0 radical (unpaired) electrons. The van der Waals surface area contributed by atoms with Crippen molar-refractivity contribution in [2.75, 3.05) is 11.1 Å². The van der Waals surface area contributed by atoms with Gasteiger partial charge in [0.15, 0.2) is 12.7 Å². The van der Waals surface area contributed by atoms with Gasteiger partial charge in [-0.25, -0.2) is 34.3 Å². The third-order valence-electron chi connectivity index (χ3n) is 15.0. The lowest BCUT2D eigenvalue weighted by Gasteiger charge is -2.28. The van der Waals surface area contributed by atoms with Crippen molar-refractivity contribution in [3.63, 3.8) is 0 Å². The van der Waals surface area contributed by atoms with E-state index in [0.29, 0.717) is 18.1 Å². The molecule has 0 bridgehead atoms. The van der Waals surface area contributed by atoms with Gasteiger partial charge in [-0.2, -0.15) is 0 Å². The third kappa shape index (κ3) is 17.6. The van der Waals surface area contributed by atoms with Gasteiger partial charge in [0.25, 0.3) is 0 Å². The maximum Gasteiger partial charge on any atom is 0.343 e. The fraction of sp³-hybridized carbons (Fsp3) is 0.367. The number of hydrogen-bond donors (Lipinski definition) is 6. The first-order valence-electron chi connectivity index (χ1n) is 28.0. The molecule has 14 rings (SSSR count). The van der Waals surface area contributed by atoms with Crippen LogP contribution in [0, 0.1) is 20.2 Å². The lowest BCUT2D eigenvalue weighted by Crippen LogP contribution is -2.31. The van der Waals surface area contributed by atoms with Gasteiger partial charge in [0, 0.05) is 12.1 Å². The molecule has 21 nitrogen and oxygen atoms in total. The molecule has 2 saturated carbocycles. The van der Waals surface area contributed by atoms with Crippen LogP contribution < -0.4 is 22.1 Å². The number of nitrogen functional groups attached to an aromatic ring is 1. The smallest absolute Gasteiger partial charge is 0.343 e. The molecule has 4 unspecified atom stereocenters. The summed E-state index contributed by atoms with van der Waals surface area (Å²) in [5, 5.41) is 36.2. The van der Waals surface area contributed by atoms with Crippen molar-refractivity contribution in [1.29, 1.82) is 0 Å². The maximum atomic E-state index is 12.0. The number of rotatable bonds is 7. The largest absolute Gasteiger partial charge is 0.388 e. The number of carbonyl (C=O) groups is 2. The predicted molar refractivity (Wildman–Crippen MR) is 319 cm³/mol. The first-order chi connectivity index (χ1) is 40.2. The van der Waals surface area contributed by atoms with E-state index >= 15 is 0 Å². The number of hydrogen-bond acceptors (Lipinski definition) is 13. The third-order valence-corrected chi connectivity index (χ3v) is 15.0. The van der Waals surface area contributed by atoms with E-state index in [9.17, 15) is 30.1 Å². The number of imidazole rings is 4. The average molecular weight is 1170 g/mol. The molecule has 4 aromatic carbocycles. The second kappa shape index (κ2) is 30.2. The second-order valence-corrected chi connectivity index (χ2v) is 21.8. The number of halogens is 2. The summed E-state index contributed by atoms with van der Waals surface area (Å²) >= 11 is 8.80. The molecule has 8 N–H and O–H groups in total. The van der Waals surface area contributed by atoms with Crippen LogP contribution in [0.15, 0.2) is 147 Å². The highest BCUT2D eigenvalue weighted by Crippen LogP contribution is 2.37. The van der Waals surface area contributed by atoms with Crippen molar-refractivity contribution < 1.29 is 24.5 Å². The molecular weight excluding hydrogens is 1100 g/mol. The van der Waals surface area contributed by atoms with Crippen molar-refractivity contribution in [1.82, 2.24) is 43.9 Å². The fourth-order valence-electron chi connectivity index (χ4n) is 10.7. The normalized spacial score (nSPS) is 18.6. The molecule has 436 valence electrons. The van der Waals surface area contributed by atoms with Crippen LogP contribution in [-0.4, -0.2) is 76.4 Å².